The average molecular weight is 818 g/mol. The van der Waals surface area contributed by atoms with Gasteiger partial charge in [-0.25, -0.2) is 9.97 Å². The first-order valence-corrected chi connectivity index (χ1v) is 20.2. The molecule has 60 heavy (non-hydrogen) atoms. The first-order chi connectivity index (χ1) is 29.4. The van der Waals surface area contributed by atoms with E-state index in [2.05, 4.69) is 90.9 Å². The fraction of sp³-hybridized carbons (Fsp3) is 0.261. The summed E-state index contributed by atoms with van der Waals surface area (Å²) in [5, 5.41) is 30.6. The highest BCUT2D eigenvalue weighted by molar-refractivity contribution is 6.21. The van der Waals surface area contributed by atoms with Gasteiger partial charge < -0.3 is 21.3 Å². The fourth-order valence-electron chi connectivity index (χ4n) is 5.58. The molecule has 3 heterocycles. The maximum absolute atomic E-state index is 12.5. The maximum Gasteiger partial charge on any atom is 0.261 e. The van der Waals surface area contributed by atoms with Crippen molar-refractivity contribution in [3.63, 3.8) is 0 Å². The van der Waals surface area contributed by atoms with E-state index in [1.807, 2.05) is 12.1 Å². The van der Waals surface area contributed by atoms with Crippen molar-refractivity contribution in [1.82, 2.24) is 24.8 Å². The van der Waals surface area contributed by atoms with Crippen molar-refractivity contribution >= 4 is 58.3 Å². The van der Waals surface area contributed by atoms with Crippen LogP contribution in [0, 0.1) is 46.3 Å². The zero-order valence-corrected chi connectivity index (χ0v) is 34.2. The lowest BCUT2D eigenvalue weighted by Gasteiger charge is -2.12. The Labute approximate surface area is 355 Å². The molecule has 302 valence electrons. The minimum Gasteiger partial charge on any atom is -0.369 e. The minimum absolute atomic E-state index is 0.247. The lowest BCUT2D eigenvalue weighted by Crippen LogP contribution is -2.30. The molecule has 0 spiro atoms. The third-order valence-corrected chi connectivity index (χ3v) is 8.91. The number of carbonyl (C=O) groups is 2. The van der Waals surface area contributed by atoms with E-state index < -0.39 is 0 Å². The number of benzene rings is 3. The first-order valence-electron chi connectivity index (χ1n) is 19.6. The number of halogens is 1. The van der Waals surface area contributed by atoms with E-state index in [4.69, 9.17) is 22.1 Å². The van der Waals surface area contributed by atoms with Crippen LogP contribution in [-0.4, -0.2) is 62.2 Å². The van der Waals surface area contributed by atoms with E-state index in [0.29, 0.717) is 76.6 Å². The number of alkyl halides is 1. The van der Waals surface area contributed by atoms with E-state index in [9.17, 15) is 9.59 Å². The summed E-state index contributed by atoms with van der Waals surface area (Å²) in [6.07, 6.45) is 8.00. The van der Waals surface area contributed by atoms with Gasteiger partial charge in [0.05, 0.1) is 57.9 Å². The largest absolute Gasteiger partial charge is 0.369 e. The van der Waals surface area contributed by atoms with E-state index in [0.717, 1.165) is 55.7 Å². The molecule has 1 aliphatic rings. The molecule has 2 aromatic heterocycles. The number of anilines is 6. The highest BCUT2D eigenvalue weighted by atomic mass is 35.5. The molecule has 0 fully saturated rings. The Morgan fingerprint density at radius 1 is 0.650 bits per heavy atom. The molecule has 0 atom stereocenters. The summed E-state index contributed by atoms with van der Waals surface area (Å²) in [5.41, 5.74) is 5.15. The van der Waals surface area contributed by atoms with Crippen LogP contribution in [0.5, 0.6) is 0 Å². The molecule has 3 aromatic carbocycles. The predicted octanol–water partition coefficient (Wildman–Crippen LogP) is 8.63. The van der Waals surface area contributed by atoms with Crippen LogP contribution >= 0.6 is 11.6 Å². The third kappa shape index (κ3) is 12.5. The molecule has 2 amide bonds. The van der Waals surface area contributed by atoms with Crippen LogP contribution in [0.3, 0.4) is 0 Å². The van der Waals surface area contributed by atoms with Gasteiger partial charge in [-0.05, 0) is 86.3 Å². The fourth-order valence-corrected chi connectivity index (χ4v) is 5.71. The van der Waals surface area contributed by atoms with Gasteiger partial charge in [0.15, 0.2) is 0 Å². The van der Waals surface area contributed by atoms with Crippen LogP contribution in [-0.2, 0) is 0 Å². The molecule has 6 rings (SSSR count). The minimum atomic E-state index is -0.247. The summed E-state index contributed by atoms with van der Waals surface area (Å²) in [5.74, 6) is 14.8. The number of imide groups is 1. The Hall–Kier alpha value is -7.45. The van der Waals surface area contributed by atoms with E-state index in [-0.39, 0.29) is 11.8 Å². The summed E-state index contributed by atoms with van der Waals surface area (Å²) in [6.45, 7) is 6.03. The highest BCUT2D eigenvalue weighted by Crippen LogP contribution is 2.23. The smallest absolute Gasteiger partial charge is 0.261 e. The zero-order valence-electron chi connectivity index (χ0n) is 33.5. The zero-order chi connectivity index (χ0) is 42.5. The van der Waals surface area contributed by atoms with Crippen LogP contribution in [0.1, 0.15) is 95.3 Å². The Morgan fingerprint density at radius 3 is 1.52 bits per heavy atom. The molecule has 0 bridgehead atoms. The lowest BCUT2D eigenvalue weighted by molar-refractivity contribution is 0.0653. The van der Waals surface area contributed by atoms with Gasteiger partial charge in [-0.15, -0.1) is 11.6 Å². The monoisotopic (exact) mass is 817 g/mol. The number of nitriles is 2. The van der Waals surface area contributed by atoms with Crippen molar-refractivity contribution in [3.05, 3.63) is 119 Å². The molecule has 1 aliphatic heterocycles. The summed E-state index contributed by atoms with van der Waals surface area (Å²) in [6, 6.07) is 25.2. The molecule has 0 saturated heterocycles. The molecule has 0 saturated carbocycles. The molecular formula is C46H44ClN11O2. The van der Waals surface area contributed by atoms with Crippen molar-refractivity contribution in [3.8, 4) is 35.8 Å². The number of hydrogen-bond acceptors (Lipinski definition) is 12. The number of aromatic nitrogens is 4. The van der Waals surface area contributed by atoms with Gasteiger partial charge in [0.2, 0.25) is 11.9 Å². The van der Waals surface area contributed by atoms with Crippen LogP contribution in [0.4, 0.5) is 34.9 Å². The van der Waals surface area contributed by atoms with Crippen molar-refractivity contribution in [2.24, 2.45) is 0 Å². The number of unbranched alkanes of at least 4 members (excludes halogenated alkanes) is 2. The van der Waals surface area contributed by atoms with Crippen LogP contribution < -0.4 is 21.3 Å². The Balaban J connectivity index is 0.000000241. The maximum atomic E-state index is 12.5. The SMILES string of the molecule is CCCNc1nc(Nc2ccc(C#N)cc2)ncc1C#CCCCCl.CCCNc1nc(Nc2ccc(C#N)cc2)ncc1C#CCCCN1C(=O)c2ccccc2C1=O. The third-order valence-electron chi connectivity index (χ3n) is 8.65. The molecule has 13 nitrogen and oxygen atoms in total. The number of nitrogens with zero attached hydrogens (tertiary/aromatic N) is 7. The van der Waals surface area contributed by atoms with E-state index in [1.165, 1.54) is 4.90 Å². The lowest BCUT2D eigenvalue weighted by atomic mass is 10.1. The molecule has 14 heteroatoms. The van der Waals surface area contributed by atoms with Gasteiger partial charge >= 0.3 is 0 Å². The molecule has 5 aromatic rings. The molecular weight excluding hydrogens is 774 g/mol. The molecule has 4 N–H and O–H groups in total. The standard InChI is InChI=1S/C27H24N6O2.C19H20ClN5/c1-2-15-29-24-20(18-30-27(32-24)31-21-13-11-19(17-28)12-14-21)8-4-3-7-16-33-25(34)22-9-5-6-10-23(22)26(33)35;1-2-12-22-18-16(6-4-3-5-11-20)14-23-19(25-18)24-17-9-7-15(13-21)8-10-17/h5-6,9-14,18H,2-3,7,15-16H2,1H3,(H2,29,30,31,32);7-10,14H,2-3,5,11-12H2,1H3,(H2,22,23,24,25). The first kappa shape index (κ1) is 43.7. The van der Waals surface area contributed by atoms with Crippen LogP contribution in [0.2, 0.25) is 0 Å². The van der Waals surface area contributed by atoms with E-state index in [1.54, 1.807) is 73.1 Å². The summed E-state index contributed by atoms with van der Waals surface area (Å²) >= 11 is 5.67. The van der Waals surface area contributed by atoms with Gasteiger partial charge in [0, 0.05) is 49.7 Å². The number of nitrogens with one attached hydrogen (secondary N) is 4. The Bertz CT molecular complexity index is 2440. The summed E-state index contributed by atoms with van der Waals surface area (Å²) < 4.78 is 0. The van der Waals surface area contributed by atoms with Gasteiger partial charge in [0.1, 0.15) is 11.6 Å². The van der Waals surface area contributed by atoms with Crippen molar-refractivity contribution in [1.29, 1.82) is 10.5 Å². The number of fused-ring (bicyclic) bond motifs is 1. The highest BCUT2D eigenvalue weighted by Gasteiger charge is 2.34. The van der Waals surface area contributed by atoms with Gasteiger partial charge in [-0.1, -0.05) is 49.7 Å². The van der Waals surface area contributed by atoms with Gasteiger partial charge in [-0.2, -0.15) is 20.5 Å². The number of carbonyl (C=O) groups excluding carboxylic acids is 2. The van der Waals surface area contributed by atoms with Crippen LogP contribution in [0.15, 0.2) is 85.2 Å². The van der Waals surface area contributed by atoms with Crippen molar-refractivity contribution < 1.29 is 9.59 Å². The summed E-state index contributed by atoms with van der Waals surface area (Å²) in [7, 11) is 0. The van der Waals surface area contributed by atoms with Crippen LogP contribution in [0.25, 0.3) is 0 Å². The Morgan fingerprint density at radius 2 is 1.10 bits per heavy atom. The molecule has 0 radical (unpaired) electrons. The molecule has 0 unspecified atom stereocenters. The second kappa shape index (κ2) is 23.1. The topological polar surface area (TPSA) is 185 Å². The normalized spacial score (nSPS) is 11.0. The average Bonchev–Trinajstić information content (AvgIpc) is 3.52. The predicted molar refractivity (Wildman–Crippen MR) is 235 cm³/mol. The summed E-state index contributed by atoms with van der Waals surface area (Å²) in [4.78, 5) is 44.0. The van der Waals surface area contributed by atoms with Gasteiger partial charge in [-0.3, -0.25) is 14.5 Å². The Kier molecular flexibility index (Phi) is 16.8. The number of amides is 2. The van der Waals surface area contributed by atoms with Gasteiger partial charge in [0.25, 0.3) is 11.8 Å². The second-order valence-corrected chi connectivity index (χ2v) is 13.6. The number of hydrogen-bond donors (Lipinski definition) is 4. The van der Waals surface area contributed by atoms with Crippen molar-refractivity contribution in [2.75, 3.05) is 46.8 Å². The van der Waals surface area contributed by atoms with E-state index >= 15 is 0 Å². The quantitative estimate of drug-likeness (QED) is 0.0342. The molecule has 0 aliphatic carbocycles. The number of rotatable bonds is 15. The van der Waals surface area contributed by atoms with Crippen molar-refractivity contribution in [2.45, 2.75) is 52.4 Å². The second-order valence-electron chi connectivity index (χ2n) is 13.2.